The first-order valence-corrected chi connectivity index (χ1v) is 6.61. The second kappa shape index (κ2) is 3.62. The molecule has 0 atom stereocenters. The Kier molecular flexibility index (Phi) is 2.53. The van der Waals surface area contributed by atoms with Gasteiger partial charge in [0.15, 0.2) is 10.9 Å². The summed E-state index contributed by atoms with van der Waals surface area (Å²) in [5.74, 6) is 0. The Balaban J connectivity index is 2.32. The lowest BCUT2D eigenvalue weighted by molar-refractivity contribution is -0.361. The molecule has 0 aliphatic carbocycles. The molecule has 20 heavy (non-hydrogen) atoms. The minimum absolute atomic E-state index is 0.238. The highest BCUT2D eigenvalue weighted by Crippen LogP contribution is 2.83. The number of fused-ring (bicyclic) bond motifs is 2. The van der Waals surface area contributed by atoms with E-state index in [-0.39, 0.29) is 10.5 Å². The Labute approximate surface area is 110 Å². The summed E-state index contributed by atoms with van der Waals surface area (Å²) in [7, 11) is -3.39. The molecule has 0 radical (unpaired) electrons. The van der Waals surface area contributed by atoms with E-state index in [1.54, 1.807) is 0 Å². The number of alkyl halides is 6. The van der Waals surface area contributed by atoms with E-state index in [2.05, 4.69) is 12.9 Å². The Hall–Kier alpha value is -0.970. The van der Waals surface area contributed by atoms with Crippen LogP contribution in [-0.4, -0.2) is 12.4 Å². The Morgan fingerprint density at radius 3 is 2.00 bits per heavy atom. The van der Waals surface area contributed by atoms with E-state index in [1.165, 1.54) is 13.0 Å². The monoisotopic (exact) mass is 320 g/mol. The summed E-state index contributed by atoms with van der Waals surface area (Å²) in [5, 5.41) is 0. The molecular formula is C10H6F6O3S. The van der Waals surface area contributed by atoms with Crippen LogP contribution in [0.15, 0.2) is 23.1 Å². The summed E-state index contributed by atoms with van der Waals surface area (Å²) in [6.07, 6.45) is -11.4. The molecule has 10 heteroatoms. The van der Waals surface area contributed by atoms with Crippen LogP contribution in [0.3, 0.4) is 0 Å². The van der Waals surface area contributed by atoms with Gasteiger partial charge in [0.25, 0.3) is 0 Å². The molecule has 3 nitrogen and oxygen atoms in total. The standard InChI is InChI=1S/C10H6F6O3S/c1-5-2-3-7-6(4-5)8(9(11,12)13,10(14,15)16)17-20(7)18-19-20/h2-4H,1H3. The minimum Gasteiger partial charge on any atom is -0.254 e. The molecule has 0 unspecified atom stereocenters. The maximum Gasteiger partial charge on any atom is 0.432 e. The zero-order chi connectivity index (χ0) is 15.0. The first-order chi connectivity index (χ1) is 9.04. The molecule has 0 aromatic heterocycles. The molecule has 1 fully saturated rings. The predicted molar refractivity (Wildman–Crippen MR) is 54.1 cm³/mol. The van der Waals surface area contributed by atoms with Gasteiger partial charge in [0.2, 0.25) is 0 Å². The number of aryl methyl sites for hydroxylation is 1. The van der Waals surface area contributed by atoms with Crippen molar-refractivity contribution in [3.63, 3.8) is 0 Å². The topological polar surface area (TPSA) is 34.3 Å². The highest BCUT2D eigenvalue weighted by Gasteiger charge is 2.82. The van der Waals surface area contributed by atoms with Gasteiger partial charge in [0, 0.05) is 5.56 Å². The largest absolute Gasteiger partial charge is 0.432 e. The van der Waals surface area contributed by atoms with Gasteiger partial charge >= 0.3 is 18.0 Å². The second-order valence-electron chi connectivity index (χ2n) is 4.35. The molecular weight excluding hydrogens is 314 g/mol. The number of benzene rings is 1. The quantitative estimate of drug-likeness (QED) is 0.408. The normalized spacial score (nSPS) is 24.6. The predicted octanol–water partition coefficient (Wildman–Crippen LogP) is 4.22. The fourth-order valence-electron chi connectivity index (χ4n) is 2.08. The summed E-state index contributed by atoms with van der Waals surface area (Å²) in [4.78, 5) is -0.349. The van der Waals surface area contributed by atoms with E-state index in [4.69, 9.17) is 0 Å². The van der Waals surface area contributed by atoms with Crippen molar-refractivity contribution in [3.05, 3.63) is 29.3 Å². The number of halogens is 6. The number of rotatable bonds is 0. The molecule has 3 rings (SSSR count). The highest BCUT2D eigenvalue weighted by atomic mass is 32.3. The Bertz CT molecular complexity index is 563. The lowest BCUT2D eigenvalue weighted by Crippen LogP contribution is -2.53. The van der Waals surface area contributed by atoms with E-state index >= 15 is 0 Å². The van der Waals surface area contributed by atoms with Gasteiger partial charge in [-0.3, -0.25) is 4.18 Å². The van der Waals surface area contributed by atoms with Crippen molar-refractivity contribution in [1.82, 2.24) is 0 Å². The molecule has 2 heterocycles. The highest BCUT2D eigenvalue weighted by molar-refractivity contribution is 8.25. The van der Waals surface area contributed by atoms with Crippen molar-refractivity contribution in [2.24, 2.45) is 0 Å². The van der Waals surface area contributed by atoms with Crippen molar-refractivity contribution < 1.29 is 39.2 Å². The van der Waals surface area contributed by atoms with E-state index in [0.717, 1.165) is 12.1 Å². The van der Waals surface area contributed by atoms with E-state index in [1.807, 2.05) is 0 Å². The van der Waals surface area contributed by atoms with Gasteiger partial charge in [0.05, 0.1) is 4.90 Å². The molecule has 1 saturated heterocycles. The fourth-order valence-corrected chi connectivity index (χ4v) is 3.89. The van der Waals surface area contributed by atoms with Crippen LogP contribution < -0.4 is 0 Å². The van der Waals surface area contributed by atoms with E-state index < -0.39 is 34.4 Å². The molecule has 2 aliphatic heterocycles. The van der Waals surface area contributed by atoms with Gasteiger partial charge < -0.3 is 0 Å². The third kappa shape index (κ3) is 1.56. The Morgan fingerprint density at radius 1 is 1.00 bits per heavy atom. The van der Waals surface area contributed by atoms with Crippen molar-refractivity contribution in [2.45, 2.75) is 29.8 Å². The summed E-state index contributed by atoms with van der Waals surface area (Å²) in [5.41, 5.74) is -5.21. The Morgan fingerprint density at radius 2 is 1.55 bits per heavy atom. The smallest absolute Gasteiger partial charge is 0.254 e. The SMILES string of the molecule is Cc1ccc2c(c1)C(C(F)(F)F)(C(F)(F)F)OS21OO1. The first-order valence-electron chi connectivity index (χ1n) is 5.20. The third-order valence-corrected chi connectivity index (χ3v) is 4.76. The number of hydrogen-bond acceptors (Lipinski definition) is 3. The van der Waals surface area contributed by atoms with Crippen molar-refractivity contribution >= 4 is 10.9 Å². The van der Waals surface area contributed by atoms with Crippen LogP contribution in [0.2, 0.25) is 0 Å². The maximum absolute atomic E-state index is 13.2. The summed E-state index contributed by atoms with van der Waals surface area (Å²) >= 11 is 0. The van der Waals surface area contributed by atoms with Gasteiger partial charge in [0.1, 0.15) is 0 Å². The van der Waals surface area contributed by atoms with Crippen LogP contribution in [0.4, 0.5) is 26.3 Å². The lowest BCUT2D eigenvalue weighted by Gasteiger charge is -2.32. The van der Waals surface area contributed by atoms with E-state index in [0.29, 0.717) is 0 Å². The first kappa shape index (κ1) is 14.0. The fraction of sp³-hybridized carbons (Fsp3) is 0.400. The van der Waals surface area contributed by atoms with Crippen LogP contribution in [-0.2, 0) is 18.5 Å². The van der Waals surface area contributed by atoms with Gasteiger partial charge in [-0.05, 0) is 13.0 Å². The zero-order valence-corrected chi connectivity index (χ0v) is 10.4. The maximum atomic E-state index is 13.2. The molecule has 0 saturated carbocycles. The summed E-state index contributed by atoms with van der Waals surface area (Å²) in [6, 6.07) is 3.26. The molecule has 2 aliphatic rings. The average Bonchev–Trinajstić information content (AvgIpc) is 2.95. The molecule has 0 bridgehead atoms. The number of hydrogen-bond donors (Lipinski definition) is 0. The molecule has 112 valence electrons. The third-order valence-electron chi connectivity index (χ3n) is 3.01. The van der Waals surface area contributed by atoms with Gasteiger partial charge in [-0.25, -0.2) is 0 Å². The van der Waals surface area contributed by atoms with Crippen LogP contribution in [0.1, 0.15) is 11.1 Å². The van der Waals surface area contributed by atoms with E-state index in [9.17, 15) is 26.3 Å². The van der Waals surface area contributed by atoms with Crippen LogP contribution in [0, 0.1) is 6.92 Å². The van der Waals surface area contributed by atoms with Gasteiger partial charge in [-0.1, -0.05) is 17.7 Å². The van der Waals surface area contributed by atoms with Crippen molar-refractivity contribution in [1.29, 1.82) is 0 Å². The minimum atomic E-state index is -5.69. The van der Waals surface area contributed by atoms with Crippen LogP contribution in [0.5, 0.6) is 0 Å². The molecule has 0 amide bonds. The van der Waals surface area contributed by atoms with Crippen LogP contribution >= 0.6 is 10.9 Å². The lowest BCUT2D eigenvalue weighted by atomic mass is 9.91. The zero-order valence-electron chi connectivity index (χ0n) is 9.63. The second-order valence-corrected chi connectivity index (χ2v) is 6.14. The van der Waals surface area contributed by atoms with Crippen molar-refractivity contribution in [3.8, 4) is 0 Å². The molecule has 0 N–H and O–H groups in total. The van der Waals surface area contributed by atoms with Gasteiger partial charge in [-0.15, -0.1) is 8.67 Å². The molecule has 1 aromatic rings. The average molecular weight is 320 g/mol. The summed E-state index contributed by atoms with van der Waals surface area (Å²) < 4.78 is 91.9. The van der Waals surface area contributed by atoms with Crippen molar-refractivity contribution in [2.75, 3.05) is 0 Å². The molecule has 1 aromatic carbocycles. The summed E-state index contributed by atoms with van der Waals surface area (Å²) in [6.45, 7) is 1.38. The molecule has 1 spiro atoms. The van der Waals surface area contributed by atoms with Crippen LogP contribution in [0.25, 0.3) is 0 Å². The van der Waals surface area contributed by atoms with Gasteiger partial charge in [-0.2, -0.15) is 26.3 Å².